The number of nitrogens with one attached hydrogen (secondary N) is 1. The van der Waals surface area contributed by atoms with Crippen molar-refractivity contribution in [2.45, 2.75) is 13.0 Å². The van der Waals surface area contributed by atoms with Crippen LogP contribution in [0.4, 0.5) is 11.5 Å². The lowest BCUT2D eigenvalue weighted by Gasteiger charge is -2.19. The number of hydrogen-bond acceptors (Lipinski definition) is 4. The molecule has 3 N–H and O–H groups in total. The number of nitrogens with two attached hydrogens (primary N) is 1. The second kappa shape index (κ2) is 5.32. The Morgan fingerprint density at radius 2 is 2.27 bits per heavy atom. The van der Waals surface area contributed by atoms with Gasteiger partial charge in [-0.1, -0.05) is 0 Å². The van der Waals surface area contributed by atoms with Gasteiger partial charge >= 0.3 is 0 Å². The van der Waals surface area contributed by atoms with Crippen LogP contribution in [-0.2, 0) is 0 Å². The summed E-state index contributed by atoms with van der Waals surface area (Å²) in [6.07, 6.45) is 1.65. The van der Waals surface area contributed by atoms with Gasteiger partial charge in [0, 0.05) is 12.6 Å². The van der Waals surface area contributed by atoms with Crippen molar-refractivity contribution in [2.24, 2.45) is 0 Å². The fourth-order valence-electron chi connectivity index (χ4n) is 1.39. The van der Waals surface area contributed by atoms with E-state index >= 15 is 0 Å². The smallest absolute Gasteiger partial charge is 0.140 e. The topological polar surface area (TPSA) is 54.2 Å². The highest BCUT2D eigenvalue weighted by Gasteiger charge is 2.07. The number of likely N-dealkylation sites (N-methyl/N-ethyl adjacent to an activating group) is 1. The van der Waals surface area contributed by atoms with E-state index in [9.17, 15) is 0 Å². The van der Waals surface area contributed by atoms with Gasteiger partial charge in [0.25, 0.3) is 0 Å². The predicted octanol–water partition coefficient (Wildman–Crippen LogP) is 1.79. The fraction of sp³-hybridized carbons (Fsp3) is 0.500. The third-order valence-corrected chi connectivity index (χ3v) is 2.49. The lowest BCUT2D eigenvalue weighted by atomic mass is 10.3. The summed E-state index contributed by atoms with van der Waals surface area (Å²) in [5.74, 6) is 0.832. The molecule has 1 unspecified atom stereocenters. The molecular formula is C10H17BrN4. The molecule has 0 fully saturated rings. The van der Waals surface area contributed by atoms with Crippen LogP contribution in [0.1, 0.15) is 6.92 Å². The Morgan fingerprint density at radius 1 is 1.60 bits per heavy atom. The highest BCUT2D eigenvalue weighted by atomic mass is 79.9. The molecule has 0 aliphatic carbocycles. The van der Waals surface area contributed by atoms with Crippen molar-refractivity contribution in [1.82, 2.24) is 9.88 Å². The van der Waals surface area contributed by atoms with E-state index in [4.69, 9.17) is 5.73 Å². The molecule has 0 spiro atoms. The van der Waals surface area contributed by atoms with Gasteiger partial charge in [-0.2, -0.15) is 0 Å². The van der Waals surface area contributed by atoms with Gasteiger partial charge in [0.1, 0.15) is 5.82 Å². The Hall–Kier alpha value is -0.810. The Labute approximate surface area is 99.0 Å². The number of hydrogen-bond donors (Lipinski definition) is 2. The van der Waals surface area contributed by atoms with Gasteiger partial charge < -0.3 is 16.0 Å². The summed E-state index contributed by atoms with van der Waals surface area (Å²) < 4.78 is 0.896. The maximum absolute atomic E-state index is 5.61. The molecule has 0 saturated heterocycles. The molecule has 1 heterocycles. The van der Waals surface area contributed by atoms with Gasteiger partial charge in [0.2, 0.25) is 0 Å². The van der Waals surface area contributed by atoms with E-state index in [1.807, 2.05) is 20.2 Å². The van der Waals surface area contributed by atoms with Crippen LogP contribution in [0, 0.1) is 0 Å². The van der Waals surface area contributed by atoms with Gasteiger partial charge in [0.15, 0.2) is 0 Å². The first-order valence-corrected chi connectivity index (χ1v) is 5.60. The lowest BCUT2D eigenvalue weighted by Crippen LogP contribution is -2.30. The first kappa shape index (κ1) is 12.3. The summed E-state index contributed by atoms with van der Waals surface area (Å²) in [5, 5.41) is 3.31. The number of rotatable bonds is 4. The Kier molecular flexibility index (Phi) is 4.35. The van der Waals surface area contributed by atoms with Crippen LogP contribution < -0.4 is 11.1 Å². The van der Waals surface area contributed by atoms with Crippen LogP contribution in [0.3, 0.4) is 0 Å². The molecule has 0 amide bonds. The summed E-state index contributed by atoms with van der Waals surface area (Å²) in [5.41, 5.74) is 6.27. The largest absolute Gasteiger partial charge is 0.397 e. The molecule has 0 saturated carbocycles. The zero-order chi connectivity index (χ0) is 11.4. The van der Waals surface area contributed by atoms with Crippen molar-refractivity contribution in [2.75, 3.05) is 31.7 Å². The lowest BCUT2D eigenvalue weighted by molar-refractivity contribution is 0.392. The van der Waals surface area contributed by atoms with Crippen molar-refractivity contribution in [1.29, 1.82) is 0 Å². The van der Waals surface area contributed by atoms with Crippen molar-refractivity contribution in [3.63, 3.8) is 0 Å². The molecule has 1 aromatic rings. The van der Waals surface area contributed by atoms with E-state index in [1.54, 1.807) is 6.20 Å². The molecule has 0 aromatic carbocycles. The van der Waals surface area contributed by atoms with Crippen LogP contribution in [0.25, 0.3) is 0 Å². The third kappa shape index (κ3) is 4.05. The predicted molar refractivity (Wildman–Crippen MR) is 68.0 cm³/mol. The second-order valence-corrected chi connectivity index (χ2v) is 4.76. The van der Waals surface area contributed by atoms with Gasteiger partial charge in [0.05, 0.1) is 16.4 Å². The average molecular weight is 273 g/mol. The van der Waals surface area contributed by atoms with E-state index in [2.05, 4.69) is 38.1 Å². The molecule has 84 valence electrons. The van der Waals surface area contributed by atoms with Gasteiger partial charge in [-0.25, -0.2) is 4.98 Å². The zero-order valence-electron chi connectivity index (χ0n) is 9.29. The SMILES string of the molecule is CC(CN(C)C)Nc1ncc(N)cc1Br. The standard InChI is InChI=1S/C10H17BrN4/c1-7(6-15(2)3)14-10-9(11)4-8(12)5-13-10/h4-5,7H,6,12H2,1-3H3,(H,13,14). The molecule has 0 aliphatic rings. The minimum Gasteiger partial charge on any atom is -0.397 e. The number of nitrogens with zero attached hydrogens (tertiary/aromatic N) is 2. The van der Waals surface area contributed by atoms with E-state index in [0.29, 0.717) is 11.7 Å². The van der Waals surface area contributed by atoms with Crippen molar-refractivity contribution in [3.8, 4) is 0 Å². The number of halogens is 1. The van der Waals surface area contributed by atoms with Crippen molar-refractivity contribution >= 4 is 27.4 Å². The first-order chi connectivity index (χ1) is 6.99. The molecule has 5 heteroatoms. The van der Waals surface area contributed by atoms with Crippen molar-refractivity contribution in [3.05, 3.63) is 16.7 Å². The molecule has 0 aliphatic heterocycles. The van der Waals surface area contributed by atoms with E-state index in [-0.39, 0.29) is 0 Å². The molecular weight excluding hydrogens is 256 g/mol. The van der Waals surface area contributed by atoms with Crippen LogP contribution in [0.2, 0.25) is 0 Å². The summed E-state index contributed by atoms with van der Waals surface area (Å²) in [4.78, 5) is 6.35. The molecule has 15 heavy (non-hydrogen) atoms. The monoisotopic (exact) mass is 272 g/mol. The second-order valence-electron chi connectivity index (χ2n) is 3.91. The molecule has 0 radical (unpaired) electrons. The molecule has 4 nitrogen and oxygen atoms in total. The fourth-order valence-corrected chi connectivity index (χ4v) is 1.87. The first-order valence-electron chi connectivity index (χ1n) is 4.81. The third-order valence-electron chi connectivity index (χ3n) is 1.88. The number of pyridine rings is 1. The van der Waals surface area contributed by atoms with E-state index < -0.39 is 0 Å². The summed E-state index contributed by atoms with van der Waals surface area (Å²) in [7, 11) is 4.09. The molecule has 1 rings (SSSR count). The minimum absolute atomic E-state index is 0.340. The number of nitrogen functional groups attached to an aromatic ring is 1. The average Bonchev–Trinajstić information content (AvgIpc) is 2.08. The normalized spacial score (nSPS) is 12.9. The summed E-state index contributed by atoms with van der Waals surface area (Å²) in [6.45, 7) is 3.07. The Balaban J connectivity index is 2.64. The van der Waals surface area contributed by atoms with Gasteiger partial charge in [-0.05, 0) is 43.0 Å². The van der Waals surface area contributed by atoms with Crippen LogP contribution >= 0.6 is 15.9 Å². The zero-order valence-corrected chi connectivity index (χ0v) is 10.9. The highest BCUT2D eigenvalue weighted by Crippen LogP contribution is 2.22. The highest BCUT2D eigenvalue weighted by molar-refractivity contribution is 9.10. The van der Waals surface area contributed by atoms with Crippen LogP contribution in [0.15, 0.2) is 16.7 Å². The minimum atomic E-state index is 0.340. The summed E-state index contributed by atoms with van der Waals surface area (Å²) >= 11 is 3.42. The van der Waals surface area contributed by atoms with Crippen LogP contribution in [0.5, 0.6) is 0 Å². The number of aromatic nitrogens is 1. The summed E-state index contributed by atoms with van der Waals surface area (Å²) in [6, 6.07) is 2.19. The van der Waals surface area contributed by atoms with E-state index in [0.717, 1.165) is 16.8 Å². The Bertz CT molecular complexity index is 327. The molecule has 1 atom stereocenters. The van der Waals surface area contributed by atoms with Crippen molar-refractivity contribution < 1.29 is 0 Å². The maximum atomic E-state index is 5.61. The molecule has 0 bridgehead atoms. The van der Waals surface area contributed by atoms with E-state index in [1.165, 1.54) is 0 Å². The molecule has 1 aromatic heterocycles. The van der Waals surface area contributed by atoms with Crippen LogP contribution in [-0.4, -0.2) is 36.6 Å². The quantitative estimate of drug-likeness (QED) is 0.878. The Morgan fingerprint density at radius 3 is 2.80 bits per heavy atom. The van der Waals surface area contributed by atoms with Gasteiger partial charge in [-0.15, -0.1) is 0 Å². The maximum Gasteiger partial charge on any atom is 0.140 e. The number of anilines is 2. The van der Waals surface area contributed by atoms with Gasteiger partial charge in [-0.3, -0.25) is 0 Å².